The Kier molecular flexibility index (Phi) is 2.50. The van der Waals surface area contributed by atoms with Crippen molar-refractivity contribution in [1.29, 1.82) is 0 Å². The average molecular weight is 247 g/mol. The number of aliphatic hydroxyl groups is 1. The molecule has 1 N–H and O–H groups in total. The summed E-state index contributed by atoms with van der Waals surface area (Å²) in [7, 11) is 0. The lowest BCUT2D eigenvalue weighted by Crippen LogP contribution is -2.01. The Morgan fingerprint density at radius 3 is 2.82 bits per heavy atom. The van der Waals surface area contributed by atoms with Crippen LogP contribution in [0.25, 0.3) is 21.8 Å². The molecule has 0 aliphatic rings. The lowest BCUT2D eigenvalue weighted by Gasteiger charge is -2.03. The quantitative estimate of drug-likeness (QED) is 0.755. The van der Waals surface area contributed by atoms with Gasteiger partial charge in [0.2, 0.25) is 5.28 Å². The number of aromatic nitrogens is 2. The number of benzene rings is 2. The molecule has 0 bridgehead atoms. The van der Waals surface area contributed by atoms with E-state index in [1.807, 2.05) is 41.0 Å². The van der Waals surface area contributed by atoms with Gasteiger partial charge in [-0.05, 0) is 23.1 Å². The molecule has 1 heterocycles. The first-order valence-electron chi connectivity index (χ1n) is 5.45. The minimum atomic E-state index is 0.0536. The van der Waals surface area contributed by atoms with Crippen LogP contribution in [0.4, 0.5) is 0 Å². The third-order valence-corrected chi connectivity index (χ3v) is 3.21. The van der Waals surface area contributed by atoms with Crippen LogP contribution in [-0.4, -0.2) is 21.3 Å². The maximum Gasteiger partial charge on any atom is 0.203 e. The summed E-state index contributed by atoms with van der Waals surface area (Å²) >= 11 is 6.09. The van der Waals surface area contributed by atoms with Gasteiger partial charge in [0.25, 0.3) is 0 Å². The summed E-state index contributed by atoms with van der Waals surface area (Å²) in [4.78, 5) is 4.38. The van der Waals surface area contributed by atoms with Gasteiger partial charge < -0.3 is 9.67 Å². The summed E-state index contributed by atoms with van der Waals surface area (Å²) in [6.07, 6.45) is 0. The first kappa shape index (κ1) is 10.6. The van der Waals surface area contributed by atoms with Crippen LogP contribution in [0.3, 0.4) is 0 Å². The monoisotopic (exact) mass is 246 g/mol. The smallest absolute Gasteiger partial charge is 0.203 e. The molecule has 0 unspecified atom stereocenters. The third-order valence-electron chi connectivity index (χ3n) is 2.92. The average Bonchev–Trinajstić information content (AvgIpc) is 2.67. The number of imidazole rings is 1. The normalized spacial score (nSPS) is 11.4. The molecule has 3 nitrogen and oxygen atoms in total. The molecule has 86 valence electrons. The largest absolute Gasteiger partial charge is 0.395 e. The van der Waals surface area contributed by atoms with Crippen LogP contribution in [0.2, 0.25) is 5.28 Å². The molecular formula is C13H11ClN2O. The van der Waals surface area contributed by atoms with Gasteiger partial charge in [-0.2, -0.15) is 0 Å². The second-order valence-corrected chi connectivity index (χ2v) is 4.25. The fraction of sp³-hybridized carbons (Fsp3) is 0.154. The van der Waals surface area contributed by atoms with Crippen LogP contribution in [-0.2, 0) is 6.54 Å². The SMILES string of the molecule is OCCn1c(Cl)nc2c3ccccc3ccc21. The zero-order valence-corrected chi connectivity index (χ0v) is 9.85. The molecule has 0 radical (unpaired) electrons. The predicted octanol–water partition coefficient (Wildman–Crippen LogP) is 2.84. The van der Waals surface area contributed by atoms with Crippen molar-refractivity contribution in [3.8, 4) is 0 Å². The Morgan fingerprint density at radius 2 is 2.00 bits per heavy atom. The molecule has 3 aromatic rings. The van der Waals surface area contributed by atoms with Crippen molar-refractivity contribution in [2.45, 2.75) is 6.54 Å². The van der Waals surface area contributed by atoms with Gasteiger partial charge in [-0.15, -0.1) is 0 Å². The van der Waals surface area contributed by atoms with Gasteiger partial charge in [0.1, 0.15) is 0 Å². The molecular weight excluding hydrogens is 236 g/mol. The van der Waals surface area contributed by atoms with Gasteiger partial charge in [-0.3, -0.25) is 0 Å². The van der Waals surface area contributed by atoms with Crippen molar-refractivity contribution in [2.75, 3.05) is 6.61 Å². The van der Waals surface area contributed by atoms with E-state index in [4.69, 9.17) is 16.7 Å². The van der Waals surface area contributed by atoms with E-state index in [-0.39, 0.29) is 6.61 Å². The maximum atomic E-state index is 9.03. The molecule has 0 saturated carbocycles. The number of hydrogen-bond acceptors (Lipinski definition) is 2. The predicted molar refractivity (Wildman–Crippen MR) is 69.3 cm³/mol. The summed E-state index contributed by atoms with van der Waals surface area (Å²) in [6, 6.07) is 12.1. The highest BCUT2D eigenvalue weighted by Crippen LogP contribution is 2.27. The molecule has 2 aromatic carbocycles. The van der Waals surface area contributed by atoms with Crippen molar-refractivity contribution in [3.63, 3.8) is 0 Å². The van der Waals surface area contributed by atoms with Crippen LogP contribution < -0.4 is 0 Å². The Morgan fingerprint density at radius 1 is 1.18 bits per heavy atom. The molecule has 3 rings (SSSR count). The van der Waals surface area contributed by atoms with Crippen molar-refractivity contribution >= 4 is 33.4 Å². The Hall–Kier alpha value is -1.58. The highest BCUT2D eigenvalue weighted by atomic mass is 35.5. The molecule has 0 aliphatic carbocycles. The lowest BCUT2D eigenvalue weighted by atomic mass is 10.1. The van der Waals surface area contributed by atoms with Crippen molar-refractivity contribution in [2.24, 2.45) is 0 Å². The van der Waals surface area contributed by atoms with Crippen molar-refractivity contribution in [3.05, 3.63) is 41.7 Å². The Labute approximate surface area is 103 Å². The molecule has 0 spiro atoms. The van der Waals surface area contributed by atoms with E-state index >= 15 is 0 Å². The first-order valence-corrected chi connectivity index (χ1v) is 5.83. The number of aliphatic hydroxyl groups excluding tert-OH is 1. The second kappa shape index (κ2) is 4.02. The molecule has 17 heavy (non-hydrogen) atoms. The molecule has 1 aromatic heterocycles. The topological polar surface area (TPSA) is 38.0 Å². The van der Waals surface area contributed by atoms with Gasteiger partial charge in [0.05, 0.1) is 17.6 Å². The molecule has 0 amide bonds. The zero-order valence-electron chi connectivity index (χ0n) is 9.10. The van der Waals surface area contributed by atoms with Crippen LogP contribution >= 0.6 is 11.6 Å². The Bertz CT molecular complexity index is 690. The number of fused-ring (bicyclic) bond motifs is 3. The van der Waals surface area contributed by atoms with E-state index in [0.29, 0.717) is 11.8 Å². The fourth-order valence-corrected chi connectivity index (χ4v) is 2.40. The molecule has 4 heteroatoms. The maximum absolute atomic E-state index is 9.03. The highest BCUT2D eigenvalue weighted by Gasteiger charge is 2.10. The standard InChI is InChI=1S/C13H11ClN2O/c14-13-15-12-10-4-2-1-3-9(10)5-6-11(12)16(13)7-8-17/h1-6,17H,7-8H2. The van der Waals surface area contributed by atoms with E-state index in [0.717, 1.165) is 21.8 Å². The number of rotatable bonds is 2. The van der Waals surface area contributed by atoms with Gasteiger partial charge >= 0.3 is 0 Å². The van der Waals surface area contributed by atoms with E-state index in [1.54, 1.807) is 0 Å². The summed E-state index contributed by atoms with van der Waals surface area (Å²) < 4.78 is 1.82. The summed E-state index contributed by atoms with van der Waals surface area (Å²) in [6.45, 7) is 0.520. The fourth-order valence-electron chi connectivity index (χ4n) is 2.14. The van der Waals surface area contributed by atoms with E-state index in [9.17, 15) is 0 Å². The molecule has 0 fully saturated rings. The van der Waals surface area contributed by atoms with Gasteiger partial charge in [0.15, 0.2) is 0 Å². The van der Waals surface area contributed by atoms with Crippen LogP contribution in [0.1, 0.15) is 0 Å². The molecule has 0 atom stereocenters. The Balaban J connectivity index is 2.40. The van der Waals surface area contributed by atoms with E-state index < -0.39 is 0 Å². The zero-order chi connectivity index (χ0) is 11.8. The van der Waals surface area contributed by atoms with Gasteiger partial charge in [0, 0.05) is 11.9 Å². The van der Waals surface area contributed by atoms with Crippen molar-refractivity contribution < 1.29 is 5.11 Å². The molecule has 0 aliphatic heterocycles. The first-order chi connectivity index (χ1) is 8.31. The third kappa shape index (κ3) is 1.59. The van der Waals surface area contributed by atoms with Crippen molar-refractivity contribution in [1.82, 2.24) is 9.55 Å². The second-order valence-electron chi connectivity index (χ2n) is 3.91. The minimum Gasteiger partial charge on any atom is -0.395 e. The van der Waals surface area contributed by atoms with Gasteiger partial charge in [-0.25, -0.2) is 4.98 Å². The van der Waals surface area contributed by atoms with Crippen LogP contribution in [0.15, 0.2) is 36.4 Å². The van der Waals surface area contributed by atoms with E-state index in [1.165, 1.54) is 0 Å². The highest BCUT2D eigenvalue weighted by molar-refractivity contribution is 6.29. The summed E-state index contributed by atoms with van der Waals surface area (Å²) in [5.74, 6) is 0. The summed E-state index contributed by atoms with van der Waals surface area (Å²) in [5.41, 5.74) is 1.85. The van der Waals surface area contributed by atoms with Crippen LogP contribution in [0.5, 0.6) is 0 Å². The summed E-state index contributed by atoms with van der Waals surface area (Å²) in [5, 5.41) is 11.7. The lowest BCUT2D eigenvalue weighted by molar-refractivity contribution is 0.278. The number of halogens is 1. The molecule has 0 saturated heterocycles. The number of nitrogens with zero attached hydrogens (tertiary/aromatic N) is 2. The van der Waals surface area contributed by atoms with E-state index in [2.05, 4.69) is 4.98 Å². The number of hydrogen-bond donors (Lipinski definition) is 1. The van der Waals surface area contributed by atoms with Gasteiger partial charge in [-0.1, -0.05) is 30.3 Å². The van der Waals surface area contributed by atoms with Crippen LogP contribution in [0, 0.1) is 0 Å². The minimum absolute atomic E-state index is 0.0536.